The van der Waals surface area contributed by atoms with E-state index in [9.17, 15) is 0 Å². The molecule has 1 aromatic carbocycles. The zero-order chi connectivity index (χ0) is 13.1. The molecule has 2 rings (SSSR count). The van der Waals surface area contributed by atoms with Gasteiger partial charge in [-0.25, -0.2) is 0 Å². The maximum atomic E-state index is 6.13. The average molecular weight is 266 g/mol. The first-order valence-corrected chi connectivity index (χ1v) is 6.21. The number of benzene rings is 1. The van der Waals surface area contributed by atoms with Gasteiger partial charge in [0.2, 0.25) is 0 Å². The summed E-state index contributed by atoms with van der Waals surface area (Å²) in [5, 5.41) is 7.60. The second-order valence-electron chi connectivity index (χ2n) is 4.06. The van der Waals surface area contributed by atoms with Crippen molar-refractivity contribution in [2.45, 2.75) is 19.8 Å². The number of anilines is 1. The van der Waals surface area contributed by atoms with Crippen LogP contribution in [0.5, 0.6) is 5.75 Å². The molecule has 0 saturated heterocycles. The highest BCUT2D eigenvalue weighted by Crippen LogP contribution is 2.34. The minimum atomic E-state index is 0.500. The van der Waals surface area contributed by atoms with Gasteiger partial charge in [-0.15, -0.1) is 0 Å². The number of H-pyrrole nitrogens is 1. The van der Waals surface area contributed by atoms with E-state index in [-0.39, 0.29) is 0 Å². The fraction of sp³-hybridized carbons (Fsp3) is 0.308. The third-order valence-corrected chi connectivity index (χ3v) is 3.11. The Balaban J connectivity index is 2.48. The summed E-state index contributed by atoms with van der Waals surface area (Å²) in [6.45, 7) is 2.11. The number of ether oxygens (including phenoxy) is 1. The Morgan fingerprint density at radius 3 is 2.83 bits per heavy atom. The van der Waals surface area contributed by atoms with E-state index in [1.54, 1.807) is 7.11 Å². The minimum Gasteiger partial charge on any atom is -0.495 e. The largest absolute Gasteiger partial charge is 0.495 e. The van der Waals surface area contributed by atoms with Crippen LogP contribution in [-0.2, 0) is 6.42 Å². The van der Waals surface area contributed by atoms with Crippen LogP contribution in [0, 0.1) is 0 Å². The molecule has 18 heavy (non-hydrogen) atoms. The highest BCUT2D eigenvalue weighted by atomic mass is 35.5. The SMILES string of the molecule is CCCc1[nH]nc(N)c1-c1ccc(OC)c(Cl)c1. The summed E-state index contributed by atoms with van der Waals surface area (Å²) in [5.41, 5.74) is 8.83. The quantitative estimate of drug-likeness (QED) is 0.892. The van der Waals surface area contributed by atoms with Gasteiger partial charge >= 0.3 is 0 Å². The van der Waals surface area contributed by atoms with Crippen LogP contribution < -0.4 is 10.5 Å². The second-order valence-corrected chi connectivity index (χ2v) is 4.47. The van der Waals surface area contributed by atoms with E-state index in [0.29, 0.717) is 16.6 Å². The monoisotopic (exact) mass is 265 g/mol. The second kappa shape index (κ2) is 5.31. The van der Waals surface area contributed by atoms with E-state index >= 15 is 0 Å². The van der Waals surface area contributed by atoms with Crippen LogP contribution in [0.4, 0.5) is 5.82 Å². The lowest BCUT2D eigenvalue weighted by Gasteiger charge is -2.07. The molecule has 3 N–H and O–H groups in total. The Morgan fingerprint density at radius 2 is 2.22 bits per heavy atom. The molecule has 0 saturated carbocycles. The molecule has 5 heteroatoms. The third kappa shape index (κ3) is 2.29. The van der Waals surface area contributed by atoms with Gasteiger partial charge in [-0.3, -0.25) is 5.10 Å². The lowest BCUT2D eigenvalue weighted by atomic mass is 10.0. The highest BCUT2D eigenvalue weighted by molar-refractivity contribution is 6.32. The first-order chi connectivity index (χ1) is 8.67. The lowest BCUT2D eigenvalue weighted by molar-refractivity contribution is 0.415. The van der Waals surface area contributed by atoms with Gasteiger partial charge in [-0.2, -0.15) is 5.10 Å². The summed E-state index contributed by atoms with van der Waals surface area (Å²) < 4.78 is 5.14. The van der Waals surface area contributed by atoms with Crippen LogP contribution in [0.15, 0.2) is 18.2 Å². The zero-order valence-electron chi connectivity index (χ0n) is 10.5. The van der Waals surface area contributed by atoms with Crippen molar-refractivity contribution in [3.05, 3.63) is 28.9 Å². The van der Waals surface area contributed by atoms with Gasteiger partial charge in [0.1, 0.15) is 5.75 Å². The van der Waals surface area contributed by atoms with Crippen molar-refractivity contribution >= 4 is 17.4 Å². The first-order valence-electron chi connectivity index (χ1n) is 5.84. The van der Waals surface area contributed by atoms with Crippen molar-refractivity contribution < 1.29 is 4.74 Å². The third-order valence-electron chi connectivity index (χ3n) is 2.81. The number of hydrogen-bond donors (Lipinski definition) is 2. The van der Waals surface area contributed by atoms with Crippen molar-refractivity contribution in [2.75, 3.05) is 12.8 Å². The number of nitrogen functional groups attached to an aromatic ring is 1. The topological polar surface area (TPSA) is 63.9 Å². The van der Waals surface area contributed by atoms with E-state index in [4.69, 9.17) is 22.1 Å². The molecule has 0 radical (unpaired) electrons. The maximum absolute atomic E-state index is 6.13. The van der Waals surface area contributed by atoms with Gasteiger partial charge in [0.15, 0.2) is 5.82 Å². The van der Waals surface area contributed by atoms with Crippen LogP contribution >= 0.6 is 11.6 Å². The number of aryl methyl sites for hydroxylation is 1. The van der Waals surface area contributed by atoms with Gasteiger partial charge < -0.3 is 10.5 Å². The number of nitrogens with two attached hydrogens (primary N) is 1. The fourth-order valence-corrected chi connectivity index (χ4v) is 2.23. The molecule has 0 fully saturated rings. The van der Waals surface area contributed by atoms with E-state index in [1.807, 2.05) is 18.2 Å². The first kappa shape index (κ1) is 12.8. The summed E-state index contributed by atoms with van der Waals surface area (Å²) >= 11 is 6.13. The molecule has 0 atom stereocenters. The normalized spacial score (nSPS) is 10.6. The number of rotatable bonds is 4. The van der Waals surface area contributed by atoms with Crippen LogP contribution in [0.2, 0.25) is 5.02 Å². The number of aromatic nitrogens is 2. The van der Waals surface area contributed by atoms with Crippen molar-refractivity contribution in [1.82, 2.24) is 10.2 Å². The van der Waals surface area contributed by atoms with Gasteiger partial charge in [0, 0.05) is 11.3 Å². The van der Waals surface area contributed by atoms with Crippen molar-refractivity contribution in [1.29, 1.82) is 0 Å². The van der Waals surface area contributed by atoms with Crippen LogP contribution in [0.25, 0.3) is 11.1 Å². The molecule has 4 nitrogen and oxygen atoms in total. The molecule has 0 aliphatic carbocycles. The Morgan fingerprint density at radius 1 is 1.44 bits per heavy atom. The lowest BCUT2D eigenvalue weighted by Crippen LogP contribution is -1.92. The van der Waals surface area contributed by atoms with E-state index in [1.165, 1.54) is 0 Å². The van der Waals surface area contributed by atoms with Gasteiger partial charge in [-0.05, 0) is 24.1 Å². The standard InChI is InChI=1S/C13H16ClN3O/c1-3-4-10-12(13(15)17-16-10)8-5-6-11(18-2)9(14)7-8/h5-7H,3-4H2,1-2H3,(H3,15,16,17). The highest BCUT2D eigenvalue weighted by Gasteiger charge is 2.13. The van der Waals surface area contributed by atoms with Crippen LogP contribution in [-0.4, -0.2) is 17.3 Å². The molecule has 0 aliphatic heterocycles. The molecule has 1 aromatic heterocycles. The number of hydrogen-bond acceptors (Lipinski definition) is 3. The number of aromatic amines is 1. The molecule has 1 heterocycles. The Labute approximate surface area is 111 Å². The van der Waals surface area contributed by atoms with E-state index in [2.05, 4.69) is 17.1 Å². The smallest absolute Gasteiger partial charge is 0.153 e. The number of nitrogens with zero attached hydrogens (tertiary/aromatic N) is 1. The molecule has 0 amide bonds. The molecular weight excluding hydrogens is 250 g/mol. The van der Waals surface area contributed by atoms with Gasteiger partial charge in [0.25, 0.3) is 0 Å². The number of nitrogens with one attached hydrogen (secondary N) is 1. The van der Waals surface area contributed by atoms with Crippen molar-refractivity contribution in [2.24, 2.45) is 0 Å². The molecule has 96 valence electrons. The summed E-state index contributed by atoms with van der Waals surface area (Å²) in [6.07, 6.45) is 1.93. The van der Waals surface area contributed by atoms with Gasteiger partial charge in [0.05, 0.1) is 12.1 Å². The van der Waals surface area contributed by atoms with Crippen molar-refractivity contribution in [3.63, 3.8) is 0 Å². The molecular formula is C13H16ClN3O. The molecule has 2 aromatic rings. The predicted octanol–water partition coefficient (Wildman–Crippen LogP) is 3.27. The molecule has 0 bridgehead atoms. The van der Waals surface area contributed by atoms with E-state index < -0.39 is 0 Å². The fourth-order valence-electron chi connectivity index (χ4n) is 1.97. The Kier molecular flexibility index (Phi) is 3.77. The summed E-state index contributed by atoms with van der Waals surface area (Å²) in [7, 11) is 1.59. The van der Waals surface area contributed by atoms with Crippen molar-refractivity contribution in [3.8, 4) is 16.9 Å². The number of halogens is 1. The van der Waals surface area contributed by atoms with Crippen LogP contribution in [0.3, 0.4) is 0 Å². The summed E-state index contributed by atoms with van der Waals surface area (Å²) in [4.78, 5) is 0. The summed E-state index contributed by atoms with van der Waals surface area (Å²) in [5.74, 6) is 1.15. The minimum absolute atomic E-state index is 0.500. The average Bonchev–Trinajstić information content (AvgIpc) is 2.71. The number of methoxy groups -OCH3 is 1. The van der Waals surface area contributed by atoms with Crippen LogP contribution in [0.1, 0.15) is 19.0 Å². The molecule has 0 aliphatic rings. The Hall–Kier alpha value is -1.68. The van der Waals surface area contributed by atoms with Gasteiger partial charge in [-0.1, -0.05) is 31.0 Å². The predicted molar refractivity (Wildman–Crippen MR) is 74.0 cm³/mol. The zero-order valence-corrected chi connectivity index (χ0v) is 11.2. The Bertz CT molecular complexity index is 551. The molecule has 0 unspecified atom stereocenters. The molecule has 0 spiro atoms. The maximum Gasteiger partial charge on any atom is 0.153 e. The summed E-state index contributed by atoms with van der Waals surface area (Å²) in [6, 6.07) is 5.62. The van der Waals surface area contributed by atoms with E-state index in [0.717, 1.165) is 29.7 Å².